The Morgan fingerprint density at radius 1 is 1.07 bits per heavy atom. The first-order valence-electron chi connectivity index (χ1n) is 14.3. The number of ether oxygens (including phenoxy) is 1. The summed E-state index contributed by atoms with van der Waals surface area (Å²) in [4.78, 5) is 27.9. The number of fused-ring (bicyclic) bond motifs is 2. The Kier molecular flexibility index (Phi) is 7.86. The summed E-state index contributed by atoms with van der Waals surface area (Å²) < 4.78 is 9.68. The fraction of sp³-hybridized carbons (Fsp3) is 0.344. The van der Waals surface area contributed by atoms with Crippen molar-refractivity contribution in [2.75, 3.05) is 4.90 Å². The highest BCUT2D eigenvalue weighted by atomic mass is 127. The highest BCUT2D eigenvalue weighted by Gasteiger charge is 2.66. The van der Waals surface area contributed by atoms with Gasteiger partial charge in [-0.2, -0.15) is 0 Å². The molecule has 8 nitrogen and oxygen atoms in total. The lowest BCUT2D eigenvalue weighted by molar-refractivity contribution is -0.146. The van der Waals surface area contributed by atoms with Crippen LogP contribution >= 0.6 is 22.6 Å². The number of carbonyl (C=O) groups excluding carboxylic acids is 1. The summed E-state index contributed by atoms with van der Waals surface area (Å²) in [6, 6.07) is 25.5. The number of hydrogen-bond donors (Lipinski definition) is 2. The summed E-state index contributed by atoms with van der Waals surface area (Å²) in [5, 5.41) is 19.2. The maximum absolute atomic E-state index is 14.5. The van der Waals surface area contributed by atoms with E-state index in [4.69, 9.17) is 4.74 Å². The number of aliphatic hydroxyl groups excluding tert-OH is 1. The Bertz CT molecular complexity index is 1580. The minimum Gasteiger partial charge on any atom is -0.432 e. The fourth-order valence-corrected chi connectivity index (χ4v) is 9.95. The zero-order valence-electron chi connectivity index (χ0n) is 23.9. The van der Waals surface area contributed by atoms with E-state index in [1.54, 1.807) is 10.9 Å². The molecule has 1 fully saturated rings. The standard InChI is InChI=1S/C32H35IN4O4Si/c1-21-30(42(2,3)40)28(16-17-36-20-26(34-35-36)29(38)23-12-8-5-9-13-23)41-32(21)25-18-24(33)14-15-27(25)37(31(32)39)19-22-10-6-4-7-11-22/h4-15,18,20-21,28-30,38,40H,16-17,19H2,1-3H3/t21-,28+,29-,30-,32+/m1/s1. The van der Waals surface area contributed by atoms with Crippen LogP contribution in [0.3, 0.4) is 0 Å². The smallest absolute Gasteiger partial charge is 0.264 e. The molecule has 2 aliphatic rings. The molecule has 3 aromatic carbocycles. The Balaban J connectivity index is 1.30. The van der Waals surface area contributed by atoms with Crippen molar-refractivity contribution in [3.05, 3.63) is 111 Å². The van der Waals surface area contributed by atoms with Crippen molar-refractivity contribution in [1.82, 2.24) is 15.0 Å². The van der Waals surface area contributed by atoms with Crippen LogP contribution in [0.15, 0.2) is 85.1 Å². The van der Waals surface area contributed by atoms with Gasteiger partial charge >= 0.3 is 0 Å². The van der Waals surface area contributed by atoms with Gasteiger partial charge in [-0.1, -0.05) is 72.8 Å². The second-order valence-corrected chi connectivity index (χ2v) is 17.1. The fourth-order valence-electron chi connectivity index (χ4n) is 6.86. The normalized spacial score (nSPS) is 24.4. The average Bonchev–Trinajstić information content (AvgIpc) is 3.63. The lowest BCUT2D eigenvalue weighted by Crippen LogP contribution is -2.46. The van der Waals surface area contributed by atoms with Gasteiger partial charge in [0.15, 0.2) is 13.9 Å². The van der Waals surface area contributed by atoms with E-state index in [0.29, 0.717) is 25.2 Å². The number of nitrogens with zero attached hydrogens (tertiary/aromatic N) is 4. The van der Waals surface area contributed by atoms with Crippen molar-refractivity contribution < 1.29 is 19.4 Å². The molecule has 0 radical (unpaired) electrons. The number of carbonyl (C=O) groups is 1. The Labute approximate surface area is 260 Å². The van der Waals surface area contributed by atoms with Crippen molar-refractivity contribution in [3.63, 3.8) is 0 Å². The third-order valence-corrected chi connectivity index (χ3v) is 11.9. The van der Waals surface area contributed by atoms with E-state index in [-0.39, 0.29) is 23.5 Å². The number of amides is 1. The van der Waals surface area contributed by atoms with E-state index >= 15 is 0 Å². The predicted molar refractivity (Wildman–Crippen MR) is 171 cm³/mol. The third kappa shape index (κ3) is 5.13. The molecule has 6 rings (SSSR count). The van der Waals surface area contributed by atoms with E-state index in [2.05, 4.69) is 45.9 Å². The van der Waals surface area contributed by atoms with Crippen molar-refractivity contribution >= 4 is 42.5 Å². The highest BCUT2D eigenvalue weighted by Crippen LogP contribution is 2.60. The molecule has 2 N–H and O–H groups in total. The monoisotopic (exact) mass is 694 g/mol. The van der Waals surface area contributed by atoms with Crippen molar-refractivity contribution in [2.24, 2.45) is 5.92 Å². The van der Waals surface area contributed by atoms with Gasteiger partial charge in [-0.25, -0.2) is 0 Å². The first-order valence-corrected chi connectivity index (χ1v) is 18.4. The number of anilines is 1. The molecular weight excluding hydrogens is 659 g/mol. The van der Waals surface area contributed by atoms with Crippen LogP contribution in [0.2, 0.25) is 18.6 Å². The summed E-state index contributed by atoms with van der Waals surface area (Å²) >= 11 is 2.29. The second-order valence-electron chi connectivity index (χ2n) is 11.9. The lowest BCUT2D eigenvalue weighted by Gasteiger charge is -2.32. The SMILES string of the molecule is C[C@@H]1[C@@H]([Si](C)(C)O)[C@H](CCn2cc([C@H](O)c3ccccc3)nn2)O[C@@]12C(=O)N(Cc1ccccc1)c1ccc(I)cc12. The van der Waals surface area contributed by atoms with E-state index < -0.39 is 20.0 Å². The van der Waals surface area contributed by atoms with Gasteiger partial charge in [-0.3, -0.25) is 9.48 Å². The highest BCUT2D eigenvalue weighted by molar-refractivity contribution is 14.1. The number of rotatable bonds is 8. The molecule has 1 saturated heterocycles. The summed E-state index contributed by atoms with van der Waals surface area (Å²) in [6.45, 7) is 6.86. The summed E-state index contributed by atoms with van der Waals surface area (Å²) in [5.74, 6) is -0.304. The van der Waals surface area contributed by atoms with Crippen molar-refractivity contribution in [1.29, 1.82) is 0 Å². The quantitative estimate of drug-likeness (QED) is 0.189. The Morgan fingerprint density at radius 3 is 2.45 bits per heavy atom. The minimum atomic E-state index is -2.78. The zero-order chi connectivity index (χ0) is 29.6. The van der Waals surface area contributed by atoms with Crippen LogP contribution in [0.4, 0.5) is 5.69 Å². The van der Waals surface area contributed by atoms with Crippen LogP contribution in [0.25, 0.3) is 0 Å². The number of halogens is 1. The van der Waals surface area contributed by atoms with E-state index in [1.807, 2.05) is 90.8 Å². The van der Waals surface area contributed by atoms with Gasteiger partial charge < -0.3 is 19.5 Å². The molecule has 1 amide bonds. The summed E-state index contributed by atoms with van der Waals surface area (Å²) in [7, 11) is -2.78. The minimum absolute atomic E-state index is 0.0735. The molecule has 1 aromatic heterocycles. The van der Waals surface area contributed by atoms with Crippen LogP contribution < -0.4 is 4.90 Å². The van der Waals surface area contributed by atoms with Gasteiger partial charge in [-0.15, -0.1) is 5.10 Å². The largest absolute Gasteiger partial charge is 0.432 e. The molecule has 0 bridgehead atoms. The van der Waals surface area contributed by atoms with Crippen molar-refractivity contribution in [2.45, 2.75) is 62.9 Å². The Morgan fingerprint density at radius 2 is 1.76 bits per heavy atom. The van der Waals surface area contributed by atoms with Gasteiger partial charge in [-0.05, 0) is 71.4 Å². The first kappa shape index (κ1) is 29.2. The van der Waals surface area contributed by atoms with Gasteiger partial charge in [0, 0.05) is 27.1 Å². The average molecular weight is 695 g/mol. The third-order valence-electron chi connectivity index (χ3n) is 8.72. The number of aryl methyl sites for hydroxylation is 1. The maximum Gasteiger partial charge on any atom is 0.264 e. The molecular formula is C32H35IN4O4Si. The molecule has 0 saturated carbocycles. The predicted octanol–water partition coefficient (Wildman–Crippen LogP) is 5.40. The first-order chi connectivity index (χ1) is 20.1. The van der Waals surface area contributed by atoms with E-state index in [9.17, 15) is 14.7 Å². The summed E-state index contributed by atoms with van der Waals surface area (Å²) in [5.41, 5.74) is 2.65. The van der Waals surface area contributed by atoms with Crippen LogP contribution in [0.5, 0.6) is 0 Å². The second kappa shape index (κ2) is 11.3. The molecule has 5 atom stereocenters. The molecule has 2 aliphatic heterocycles. The molecule has 1 spiro atoms. The van der Waals surface area contributed by atoms with E-state index in [1.165, 1.54) is 0 Å². The molecule has 0 aliphatic carbocycles. The number of aliphatic hydroxyl groups is 1. The van der Waals surface area contributed by atoms with Gasteiger partial charge in [0.25, 0.3) is 5.91 Å². The van der Waals surface area contributed by atoms with Gasteiger partial charge in [0.1, 0.15) is 11.8 Å². The number of aromatic nitrogens is 3. The lowest BCUT2D eigenvalue weighted by atomic mass is 9.82. The zero-order valence-corrected chi connectivity index (χ0v) is 27.0. The Hall–Kier alpha value is -2.90. The topological polar surface area (TPSA) is 101 Å². The maximum atomic E-state index is 14.5. The molecule has 0 unspecified atom stereocenters. The van der Waals surface area contributed by atoms with Gasteiger partial charge in [0.2, 0.25) is 0 Å². The summed E-state index contributed by atoms with van der Waals surface area (Å²) in [6.07, 6.45) is 1.07. The van der Waals surface area contributed by atoms with E-state index in [0.717, 1.165) is 25.9 Å². The van der Waals surface area contributed by atoms with Crippen LogP contribution in [0, 0.1) is 9.49 Å². The van der Waals surface area contributed by atoms with Crippen LogP contribution in [-0.4, -0.2) is 45.2 Å². The number of hydrogen-bond acceptors (Lipinski definition) is 6. The van der Waals surface area contributed by atoms with Gasteiger partial charge in [0.05, 0.1) is 24.5 Å². The molecule has 10 heteroatoms. The molecule has 3 heterocycles. The molecule has 4 aromatic rings. The molecule has 218 valence electrons. The molecule has 42 heavy (non-hydrogen) atoms. The van der Waals surface area contributed by atoms with Crippen LogP contribution in [-0.2, 0) is 28.2 Å². The van der Waals surface area contributed by atoms with Crippen molar-refractivity contribution in [3.8, 4) is 0 Å². The number of benzene rings is 3. The van der Waals surface area contributed by atoms with Crippen LogP contribution in [0.1, 0.15) is 41.8 Å².